The van der Waals surface area contributed by atoms with E-state index in [-0.39, 0.29) is 29.2 Å². The van der Waals surface area contributed by atoms with Gasteiger partial charge in [0.05, 0.1) is 11.5 Å². The Bertz CT molecular complexity index is 652. The monoisotopic (exact) mass is 344 g/mol. The highest BCUT2D eigenvalue weighted by Gasteiger charge is 2.36. The topological polar surface area (TPSA) is 86.7 Å². The summed E-state index contributed by atoms with van der Waals surface area (Å²) in [5.41, 5.74) is 1.25. The molecule has 1 atom stereocenters. The number of carboxylic acid groups (broad SMARTS) is 1. The van der Waals surface area contributed by atoms with E-state index in [9.17, 15) is 14.4 Å². The molecule has 1 saturated carbocycles. The van der Waals surface area contributed by atoms with E-state index < -0.39 is 5.97 Å². The van der Waals surface area contributed by atoms with E-state index in [1.165, 1.54) is 0 Å². The second-order valence-corrected chi connectivity index (χ2v) is 6.94. The molecule has 25 heavy (non-hydrogen) atoms. The van der Waals surface area contributed by atoms with Crippen molar-refractivity contribution >= 4 is 17.8 Å². The van der Waals surface area contributed by atoms with Crippen molar-refractivity contribution in [3.63, 3.8) is 0 Å². The number of likely N-dealkylation sites (tertiary alicyclic amines) is 1. The number of piperidine rings is 1. The van der Waals surface area contributed by atoms with Crippen molar-refractivity contribution in [3.8, 4) is 0 Å². The summed E-state index contributed by atoms with van der Waals surface area (Å²) >= 11 is 0. The molecule has 0 aromatic heterocycles. The van der Waals surface area contributed by atoms with Gasteiger partial charge in [0.1, 0.15) is 0 Å². The third kappa shape index (κ3) is 4.59. The normalized spacial score (nSPS) is 20.2. The van der Waals surface area contributed by atoms with E-state index in [1.807, 2.05) is 4.90 Å². The van der Waals surface area contributed by atoms with E-state index in [0.717, 1.165) is 37.8 Å². The molecule has 1 aromatic rings. The summed E-state index contributed by atoms with van der Waals surface area (Å²) in [6, 6.07) is 6.68. The van der Waals surface area contributed by atoms with Crippen LogP contribution in [0.25, 0.3) is 0 Å². The lowest BCUT2D eigenvalue weighted by molar-refractivity contribution is -0.136. The first-order valence-corrected chi connectivity index (χ1v) is 8.93. The van der Waals surface area contributed by atoms with Gasteiger partial charge in [-0.05, 0) is 49.8 Å². The first kappa shape index (κ1) is 17.5. The third-order valence-electron chi connectivity index (χ3n) is 4.94. The molecule has 1 heterocycles. The van der Waals surface area contributed by atoms with Crippen molar-refractivity contribution in [1.82, 2.24) is 10.2 Å². The summed E-state index contributed by atoms with van der Waals surface area (Å²) in [6.07, 6.45) is 4.35. The minimum Gasteiger partial charge on any atom is -0.478 e. The molecule has 0 radical (unpaired) electrons. The van der Waals surface area contributed by atoms with Crippen LogP contribution in [0.1, 0.15) is 41.6 Å². The second kappa shape index (κ2) is 7.68. The molecule has 0 bridgehead atoms. The highest BCUT2D eigenvalue weighted by atomic mass is 16.4. The Balaban J connectivity index is 1.43. The molecule has 1 aliphatic carbocycles. The average Bonchev–Trinajstić information content (AvgIpc) is 3.46. The van der Waals surface area contributed by atoms with Crippen molar-refractivity contribution in [3.05, 3.63) is 35.4 Å². The predicted octanol–water partition coefficient (Wildman–Crippen LogP) is 1.69. The summed E-state index contributed by atoms with van der Waals surface area (Å²) in [5.74, 6) is -0.629. The molecule has 2 aliphatic rings. The van der Waals surface area contributed by atoms with Gasteiger partial charge in [0, 0.05) is 25.6 Å². The van der Waals surface area contributed by atoms with Crippen molar-refractivity contribution < 1.29 is 19.5 Å². The van der Waals surface area contributed by atoms with Crippen molar-refractivity contribution in [2.45, 2.75) is 32.1 Å². The number of amides is 2. The van der Waals surface area contributed by atoms with Crippen molar-refractivity contribution in [2.24, 2.45) is 11.8 Å². The molecule has 2 amide bonds. The molecule has 3 rings (SSSR count). The number of carbonyl (C=O) groups is 3. The summed E-state index contributed by atoms with van der Waals surface area (Å²) in [5, 5.41) is 11.8. The van der Waals surface area contributed by atoms with Crippen LogP contribution in [0, 0.1) is 11.8 Å². The Labute approximate surface area is 147 Å². The van der Waals surface area contributed by atoms with Gasteiger partial charge in [-0.1, -0.05) is 12.1 Å². The van der Waals surface area contributed by atoms with Crippen LogP contribution in [0.2, 0.25) is 0 Å². The lowest BCUT2D eigenvalue weighted by Gasteiger charge is -2.32. The second-order valence-electron chi connectivity index (χ2n) is 6.94. The number of nitrogens with one attached hydrogen (secondary N) is 1. The summed E-state index contributed by atoms with van der Waals surface area (Å²) in [6.45, 7) is 1.82. The van der Waals surface area contributed by atoms with Crippen LogP contribution in [0.4, 0.5) is 0 Å². The number of carbonyl (C=O) groups excluding carboxylic acids is 2. The van der Waals surface area contributed by atoms with Gasteiger partial charge in [-0.15, -0.1) is 0 Å². The van der Waals surface area contributed by atoms with Gasteiger partial charge in [-0.25, -0.2) is 4.79 Å². The number of rotatable bonds is 6. The number of hydrogen-bond acceptors (Lipinski definition) is 3. The molecule has 6 heteroatoms. The van der Waals surface area contributed by atoms with E-state index >= 15 is 0 Å². The molecule has 134 valence electrons. The van der Waals surface area contributed by atoms with Crippen LogP contribution in [-0.2, 0) is 16.0 Å². The Morgan fingerprint density at radius 3 is 2.44 bits per heavy atom. The maximum atomic E-state index is 12.4. The molecule has 1 aromatic carbocycles. The maximum absolute atomic E-state index is 12.4. The van der Waals surface area contributed by atoms with E-state index in [4.69, 9.17) is 5.11 Å². The summed E-state index contributed by atoms with van der Waals surface area (Å²) in [7, 11) is 0. The zero-order chi connectivity index (χ0) is 17.8. The Kier molecular flexibility index (Phi) is 5.36. The zero-order valence-electron chi connectivity index (χ0n) is 14.2. The number of nitrogens with zero attached hydrogens (tertiary/aromatic N) is 1. The maximum Gasteiger partial charge on any atom is 0.335 e. The van der Waals surface area contributed by atoms with Gasteiger partial charge in [0.25, 0.3) is 0 Å². The zero-order valence-corrected chi connectivity index (χ0v) is 14.2. The van der Waals surface area contributed by atoms with E-state index in [2.05, 4.69) is 5.32 Å². The average molecular weight is 344 g/mol. The Morgan fingerprint density at radius 2 is 1.80 bits per heavy atom. The lowest BCUT2D eigenvalue weighted by atomic mass is 9.96. The highest BCUT2D eigenvalue weighted by Crippen LogP contribution is 2.32. The predicted molar refractivity (Wildman–Crippen MR) is 92.1 cm³/mol. The fourth-order valence-electron chi connectivity index (χ4n) is 3.27. The lowest BCUT2D eigenvalue weighted by Crippen LogP contribution is -2.46. The van der Waals surface area contributed by atoms with Crippen LogP contribution >= 0.6 is 0 Å². The van der Waals surface area contributed by atoms with Gasteiger partial charge >= 0.3 is 5.97 Å². The number of benzene rings is 1. The van der Waals surface area contributed by atoms with Gasteiger partial charge in [0.15, 0.2) is 0 Å². The van der Waals surface area contributed by atoms with Crippen LogP contribution in [0.5, 0.6) is 0 Å². The molecule has 1 aliphatic heterocycles. The standard InChI is InChI=1S/C19H24N2O4/c22-17(16-2-1-11-21(12-16)18(23)14-7-8-14)20-10-9-13-3-5-15(6-4-13)19(24)25/h3-6,14,16H,1-2,7-12H2,(H,20,22)(H,24,25). The summed E-state index contributed by atoms with van der Waals surface area (Å²) in [4.78, 5) is 37.2. The molecule has 6 nitrogen and oxygen atoms in total. The molecule has 2 N–H and O–H groups in total. The van der Waals surface area contributed by atoms with Gasteiger partial charge < -0.3 is 15.3 Å². The largest absolute Gasteiger partial charge is 0.478 e. The number of hydrogen-bond donors (Lipinski definition) is 2. The third-order valence-corrected chi connectivity index (χ3v) is 4.94. The van der Waals surface area contributed by atoms with Crippen LogP contribution in [0.15, 0.2) is 24.3 Å². The molecule has 0 spiro atoms. The molecule has 1 saturated heterocycles. The van der Waals surface area contributed by atoms with Gasteiger partial charge in [0.2, 0.25) is 11.8 Å². The first-order valence-electron chi connectivity index (χ1n) is 8.93. The smallest absolute Gasteiger partial charge is 0.335 e. The minimum absolute atomic E-state index is 0.00968. The van der Waals surface area contributed by atoms with E-state index in [0.29, 0.717) is 19.5 Å². The van der Waals surface area contributed by atoms with E-state index in [1.54, 1.807) is 24.3 Å². The quantitative estimate of drug-likeness (QED) is 0.822. The first-order chi connectivity index (χ1) is 12.0. The van der Waals surface area contributed by atoms with Gasteiger partial charge in [-0.3, -0.25) is 9.59 Å². The molecular formula is C19H24N2O4. The van der Waals surface area contributed by atoms with Crippen LogP contribution < -0.4 is 5.32 Å². The van der Waals surface area contributed by atoms with Crippen molar-refractivity contribution in [1.29, 1.82) is 0 Å². The molecule has 2 fully saturated rings. The van der Waals surface area contributed by atoms with Gasteiger partial charge in [-0.2, -0.15) is 0 Å². The fraction of sp³-hybridized carbons (Fsp3) is 0.526. The Morgan fingerprint density at radius 1 is 1.08 bits per heavy atom. The van der Waals surface area contributed by atoms with Crippen LogP contribution in [-0.4, -0.2) is 47.4 Å². The fourth-order valence-corrected chi connectivity index (χ4v) is 3.27. The Hall–Kier alpha value is -2.37. The number of carboxylic acids is 1. The highest BCUT2D eigenvalue weighted by molar-refractivity contribution is 5.87. The summed E-state index contributed by atoms with van der Waals surface area (Å²) < 4.78 is 0. The number of aromatic carboxylic acids is 1. The molecule has 1 unspecified atom stereocenters. The molecular weight excluding hydrogens is 320 g/mol. The van der Waals surface area contributed by atoms with Crippen molar-refractivity contribution in [2.75, 3.05) is 19.6 Å². The minimum atomic E-state index is -0.942. The van der Waals surface area contributed by atoms with Crippen LogP contribution in [0.3, 0.4) is 0 Å². The SMILES string of the molecule is O=C(O)c1ccc(CCNC(=O)C2CCCN(C(=O)C3CC3)C2)cc1.